The number of carbonyl (C=O) groups is 1. The van der Waals surface area contributed by atoms with Gasteiger partial charge in [-0.05, 0) is 35.7 Å². The summed E-state index contributed by atoms with van der Waals surface area (Å²) in [4.78, 5) is 15.2. The van der Waals surface area contributed by atoms with Crippen LogP contribution in [0.25, 0.3) is 10.9 Å². The van der Waals surface area contributed by atoms with Gasteiger partial charge in [-0.2, -0.15) is 0 Å². The van der Waals surface area contributed by atoms with Crippen molar-refractivity contribution in [1.82, 2.24) is 10.3 Å². The van der Waals surface area contributed by atoms with Crippen LogP contribution in [-0.4, -0.2) is 17.4 Å². The van der Waals surface area contributed by atoms with Crippen molar-refractivity contribution in [2.45, 2.75) is 12.8 Å². The molecule has 1 amide bonds. The number of amides is 1. The normalized spacial score (nSPS) is 10.8. The topological polar surface area (TPSA) is 44.9 Å². The van der Waals surface area contributed by atoms with Gasteiger partial charge in [0.1, 0.15) is 5.82 Å². The Bertz CT molecular complexity index is 777. The van der Waals surface area contributed by atoms with Gasteiger partial charge in [-0.25, -0.2) is 4.39 Å². The molecule has 0 aliphatic rings. The van der Waals surface area contributed by atoms with Crippen molar-refractivity contribution in [3.63, 3.8) is 0 Å². The number of para-hydroxylation sites is 1. The number of aromatic amines is 1. The maximum atomic E-state index is 12.8. The minimum absolute atomic E-state index is 0.00753. The van der Waals surface area contributed by atoms with Gasteiger partial charge in [0, 0.05) is 23.6 Å². The van der Waals surface area contributed by atoms with Crippen molar-refractivity contribution in [2.24, 2.45) is 0 Å². The van der Waals surface area contributed by atoms with Gasteiger partial charge in [-0.3, -0.25) is 4.79 Å². The fraction of sp³-hybridized carbons (Fsp3) is 0.167. The average molecular weight is 296 g/mol. The predicted octanol–water partition coefficient (Wildman–Crippen LogP) is 3.21. The molecule has 22 heavy (non-hydrogen) atoms. The maximum Gasteiger partial charge on any atom is 0.224 e. The van der Waals surface area contributed by atoms with Crippen LogP contribution >= 0.6 is 0 Å². The molecule has 0 aliphatic heterocycles. The molecule has 3 aromatic rings. The van der Waals surface area contributed by atoms with Crippen molar-refractivity contribution in [1.29, 1.82) is 0 Å². The van der Waals surface area contributed by atoms with E-state index in [0.29, 0.717) is 19.4 Å². The number of rotatable bonds is 5. The van der Waals surface area contributed by atoms with E-state index < -0.39 is 0 Å². The second kappa shape index (κ2) is 6.43. The summed E-state index contributed by atoms with van der Waals surface area (Å²) in [5, 5.41) is 3.98. The summed E-state index contributed by atoms with van der Waals surface area (Å²) in [6.07, 6.45) is 2.93. The van der Waals surface area contributed by atoms with Crippen LogP contribution in [0.5, 0.6) is 0 Å². The number of halogens is 1. The summed E-state index contributed by atoms with van der Waals surface area (Å²) in [6, 6.07) is 14.3. The molecule has 2 N–H and O–H groups in total. The Morgan fingerprint density at radius 3 is 2.68 bits per heavy atom. The molecule has 0 atom stereocenters. The third-order valence-electron chi connectivity index (χ3n) is 3.68. The van der Waals surface area contributed by atoms with E-state index in [2.05, 4.69) is 10.3 Å². The molecule has 0 fully saturated rings. The zero-order chi connectivity index (χ0) is 15.4. The van der Waals surface area contributed by atoms with E-state index in [-0.39, 0.29) is 11.7 Å². The van der Waals surface area contributed by atoms with Crippen LogP contribution in [0.4, 0.5) is 4.39 Å². The van der Waals surface area contributed by atoms with E-state index in [1.807, 2.05) is 30.5 Å². The molecular weight excluding hydrogens is 279 g/mol. The van der Waals surface area contributed by atoms with Crippen molar-refractivity contribution in [2.75, 3.05) is 6.54 Å². The molecule has 0 bridgehead atoms. The van der Waals surface area contributed by atoms with Crippen LogP contribution in [0.1, 0.15) is 11.1 Å². The molecule has 0 saturated heterocycles. The second-order valence-electron chi connectivity index (χ2n) is 5.26. The number of carbonyl (C=O) groups excluding carboxylic acids is 1. The number of hydrogen-bond acceptors (Lipinski definition) is 1. The van der Waals surface area contributed by atoms with Gasteiger partial charge < -0.3 is 10.3 Å². The van der Waals surface area contributed by atoms with Crippen molar-refractivity contribution < 1.29 is 9.18 Å². The fourth-order valence-electron chi connectivity index (χ4n) is 2.51. The maximum absolute atomic E-state index is 12.8. The smallest absolute Gasteiger partial charge is 0.224 e. The van der Waals surface area contributed by atoms with Crippen LogP contribution in [0.15, 0.2) is 54.7 Å². The number of nitrogens with one attached hydrogen (secondary N) is 2. The van der Waals surface area contributed by atoms with Crippen LogP contribution < -0.4 is 5.32 Å². The molecule has 2 aromatic carbocycles. The number of fused-ring (bicyclic) bond motifs is 1. The molecule has 0 spiro atoms. The third kappa shape index (κ3) is 3.34. The first-order chi connectivity index (χ1) is 10.7. The summed E-state index contributed by atoms with van der Waals surface area (Å²) < 4.78 is 12.8. The summed E-state index contributed by atoms with van der Waals surface area (Å²) >= 11 is 0. The highest BCUT2D eigenvalue weighted by Gasteiger charge is 2.08. The number of aromatic nitrogens is 1. The van der Waals surface area contributed by atoms with Gasteiger partial charge in [0.05, 0.1) is 6.42 Å². The summed E-state index contributed by atoms with van der Waals surface area (Å²) in [5.41, 5.74) is 3.04. The van der Waals surface area contributed by atoms with Crippen LogP contribution in [0, 0.1) is 5.82 Å². The molecule has 1 aromatic heterocycles. The third-order valence-corrected chi connectivity index (χ3v) is 3.68. The highest BCUT2D eigenvalue weighted by molar-refractivity contribution is 5.88. The Kier molecular flexibility index (Phi) is 4.19. The summed E-state index contributed by atoms with van der Waals surface area (Å²) in [6.45, 7) is 0.548. The lowest BCUT2D eigenvalue weighted by Gasteiger charge is -2.05. The Morgan fingerprint density at radius 1 is 1.09 bits per heavy atom. The van der Waals surface area contributed by atoms with E-state index >= 15 is 0 Å². The van der Waals surface area contributed by atoms with E-state index in [9.17, 15) is 9.18 Å². The zero-order valence-corrected chi connectivity index (χ0v) is 12.1. The van der Waals surface area contributed by atoms with E-state index in [1.165, 1.54) is 12.1 Å². The van der Waals surface area contributed by atoms with Gasteiger partial charge in [0.25, 0.3) is 0 Å². The van der Waals surface area contributed by atoms with Crippen LogP contribution in [0.2, 0.25) is 0 Å². The van der Waals surface area contributed by atoms with E-state index in [1.54, 1.807) is 12.1 Å². The molecule has 3 nitrogen and oxygen atoms in total. The molecule has 0 unspecified atom stereocenters. The molecule has 0 radical (unpaired) electrons. The Labute approximate surface area is 128 Å². The van der Waals surface area contributed by atoms with Gasteiger partial charge in [0.15, 0.2) is 0 Å². The summed E-state index contributed by atoms with van der Waals surface area (Å²) in [7, 11) is 0. The van der Waals surface area contributed by atoms with Crippen LogP contribution in [-0.2, 0) is 17.6 Å². The molecular formula is C18H17FN2O. The summed E-state index contributed by atoms with van der Waals surface area (Å²) in [5.74, 6) is -0.251. The van der Waals surface area contributed by atoms with Gasteiger partial charge >= 0.3 is 0 Å². The first kappa shape index (κ1) is 14.3. The van der Waals surface area contributed by atoms with Gasteiger partial charge in [-0.1, -0.05) is 30.3 Å². The highest BCUT2D eigenvalue weighted by Crippen LogP contribution is 2.17. The SMILES string of the molecule is O=C(Cc1c[nH]c2ccccc12)NCCc1ccc(F)cc1. The average Bonchev–Trinajstić information content (AvgIpc) is 2.93. The van der Waals surface area contributed by atoms with Crippen molar-refractivity contribution >= 4 is 16.8 Å². The molecule has 0 aliphatic carbocycles. The molecule has 4 heteroatoms. The monoisotopic (exact) mass is 296 g/mol. The Hall–Kier alpha value is -2.62. The molecule has 112 valence electrons. The standard InChI is InChI=1S/C18H17FN2O/c19-15-7-5-13(6-8-15)9-10-20-18(22)11-14-12-21-17-4-2-1-3-16(14)17/h1-8,12,21H,9-11H2,(H,20,22). The second-order valence-corrected chi connectivity index (χ2v) is 5.26. The van der Waals surface area contributed by atoms with Crippen molar-refractivity contribution in [3.05, 3.63) is 71.7 Å². The molecule has 3 rings (SSSR count). The first-order valence-electron chi connectivity index (χ1n) is 7.28. The Balaban J connectivity index is 1.53. The quantitative estimate of drug-likeness (QED) is 0.746. The predicted molar refractivity (Wildman–Crippen MR) is 85.1 cm³/mol. The number of H-pyrrole nitrogens is 1. The van der Waals surface area contributed by atoms with Crippen molar-refractivity contribution in [3.8, 4) is 0 Å². The first-order valence-corrected chi connectivity index (χ1v) is 7.28. The fourth-order valence-corrected chi connectivity index (χ4v) is 2.51. The lowest BCUT2D eigenvalue weighted by atomic mass is 10.1. The lowest BCUT2D eigenvalue weighted by molar-refractivity contribution is -0.120. The van der Waals surface area contributed by atoms with Crippen LogP contribution in [0.3, 0.4) is 0 Å². The van der Waals surface area contributed by atoms with E-state index in [0.717, 1.165) is 22.0 Å². The molecule has 0 saturated carbocycles. The highest BCUT2D eigenvalue weighted by atomic mass is 19.1. The minimum atomic E-state index is -0.243. The lowest BCUT2D eigenvalue weighted by Crippen LogP contribution is -2.27. The zero-order valence-electron chi connectivity index (χ0n) is 12.1. The minimum Gasteiger partial charge on any atom is -0.361 e. The van der Waals surface area contributed by atoms with Gasteiger partial charge in [-0.15, -0.1) is 0 Å². The van der Waals surface area contributed by atoms with Gasteiger partial charge in [0.2, 0.25) is 5.91 Å². The number of benzene rings is 2. The number of hydrogen-bond donors (Lipinski definition) is 2. The largest absolute Gasteiger partial charge is 0.361 e. The molecule has 1 heterocycles. The Morgan fingerprint density at radius 2 is 1.86 bits per heavy atom. The van der Waals surface area contributed by atoms with E-state index in [4.69, 9.17) is 0 Å².